The molecule has 0 bridgehead atoms. The van der Waals surface area contributed by atoms with E-state index in [0.29, 0.717) is 29.6 Å². The Labute approximate surface area is 186 Å². The minimum atomic E-state index is -3.87. The molecule has 0 amide bonds. The van der Waals surface area contributed by atoms with Crippen LogP contribution in [0.15, 0.2) is 41.6 Å². The van der Waals surface area contributed by atoms with Crippen LogP contribution >= 0.6 is 0 Å². The number of hydrogen-bond acceptors (Lipinski definition) is 8. The quantitative estimate of drug-likeness (QED) is 0.357. The molecular weight excluding hydrogens is 432 g/mol. The molecule has 0 saturated heterocycles. The summed E-state index contributed by atoms with van der Waals surface area (Å²) < 4.78 is 33.9. The number of nitrogens with one attached hydrogen (secondary N) is 3. The molecular formula is C21H28N6O4S. The molecule has 4 N–H and O–H groups in total. The van der Waals surface area contributed by atoms with E-state index in [1.165, 1.54) is 44.6 Å². The number of rotatable bonds is 9. The van der Waals surface area contributed by atoms with Crippen molar-refractivity contribution in [3.05, 3.63) is 36.7 Å². The van der Waals surface area contributed by atoms with Gasteiger partial charge in [0, 0.05) is 0 Å². The summed E-state index contributed by atoms with van der Waals surface area (Å²) in [5.41, 5.74) is 0.959. The summed E-state index contributed by atoms with van der Waals surface area (Å²) in [5, 5.41) is 13.1. The van der Waals surface area contributed by atoms with Crippen LogP contribution in [0.2, 0.25) is 0 Å². The summed E-state index contributed by atoms with van der Waals surface area (Å²) in [6.45, 7) is 2.02. The fraction of sp³-hybridized carbons (Fsp3) is 0.476. The second-order valence-electron chi connectivity index (χ2n) is 8.07. The third-order valence-corrected chi connectivity index (χ3v) is 6.99. The van der Waals surface area contributed by atoms with Crippen molar-refractivity contribution in [3.8, 4) is 5.88 Å². The van der Waals surface area contributed by atoms with Gasteiger partial charge in [-0.15, -0.1) is 0 Å². The highest BCUT2D eigenvalue weighted by Gasteiger charge is 2.25. The zero-order valence-corrected chi connectivity index (χ0v) is 18.7. The normalized spacial score (nSPS) is 17.2. The van der Waals surface area contributed by atoms with Gasteiger partial charge in [-0.1, -0.05) is 37.5 Å². The second kappa shape index (κ2) is 9.80. The lowest BCUT2D eigenvalue weighted by Crippen LogP contribution is -2.47. The van der Waals surface area contributed by atoms with Crippen molar-refractivity contribution >= 4 is 27.1 Å². The summed E-state index contributed by atoms with van der Waals surface area (Å²) in [6, 6.07) is 7.94. The molecule has 1 aliphatic carbocycles. The summed E-state index contributed by atoms with van der Waals surface area (Å²) in [7, 11) is -3.87. The summed E-state index contributed by atoms with van der Waals surface area (Å²) in [5.74, 6) is 0.928. The molecule has 1 fully saturated rings. The molecule has 0 aliphatic heterocycles. The third-order valence-electron chi connectivity index (χ3n) is 5.54. The van der Waals surface area contributed by atoms with Gasteiger partial charge in [0.15, 0.2) is 5.65 Å². The lowest BCUT2D eigenvalue weighted by molar-refractivity contribution is 0.166. The number of nitrogens with zero attached hydrogens (tertiary/aromatic N) is 3. The number of H-pyrrole nitrogens is 1. The van der Waals surface area contributed by atoms with Crippen LogP contribution in [0.3, 0.4) is 0 Å². The molecule has 2 heterocycles. The van der Waals surface area contributed by atoms with E-state index >= 15 is 0 Å². The molecule has 3 aromatic rings. The first kappa shape index (κ1) is 22.4. The smallest absolute Gasteiger partial charge is 0.245 e. The summed E-state index contributed by atoms with van der Waals surface area (Å²) in [4.78, 5) is 16.0. The van der Waals surface area contributed by atoms with E-state index in [1.54, 1.807) is 18.2 Å². The highest BCUT2D eigenvalue weighted by molar-refractivity contribution is 7.89. The summed E-state index contributed by atoms with van der Waals surface area (Å²) >= 11 is 0. The van der Waals surface area contributed by atoms with Crippen molar-refractivity contribution in [2.75, 3.05) is 11.9 Å². The SMILES string of the molecule is CC(O)C(Nc1nc(OCC2CCCCC2)c2[nH]cnc2n1)NS(=O)(=O)c1ccccc1. The van der Waals surface area contributed by atoms with Gasteiger partial charge >= 0.3 is 0 Å². The van der Waals surface area contributed by atoms with E-state index in [-0.39, 0.29) is 10.8 Å². The van der Waals surface area contributed by atoms with Gasteiger partial charge < -0.3 is 20.1 Å². The van der Waals surface area contributed by atoms with Crippen LogP contribution in [0.4, 0.5) is 5.95 Å². The third kappa shape index (κ3) is 5.34. The standard InChI is InChI=1S/C21H28N6O4S/c1-14(28)18(27-32(29,30)16-10-6-3-7-11-16)24-21-25-19-17(22-13-23-19)20(26-21)31-12-15-8-4-2-5-9-15/h3,6-7,10-11,13-15,18,27-28H,2,4-5,8-9,12H2,1H3,(H2,22,23,24,25,26). The van der Waals surface area contributed by atoms with Crippen LogP contribution in [-0.2, 0) is 10.0 Å². The highest BCUT2D eigenvalue weighted by Crippen LogP contribution is 2.26. The molecule has 4 rings (SSSR count). The lowest BCUT2D eigenvalue weighted by atomic mass is 9.90. The summed E-state index contributed by atoms with van der Waals surface area (Å²) in [6.07, 6.45) is 5.31. The van der Waals surface area contributed by atoms with Gasteiger partial charge in [-0.3, -0.25) is 0 Å². The second-order valence-corrected chi connectivity index (χ2v) is 9.78. The van der Waals surface area contributed by atoms with Gasteiger partial charge in [0.2, 0.25) is 21.9 Å². The van der Waals surface area contributed by atoms with E-state index in [0.717, 1.165) is 12.8 Å². The number of hydrogen-bond donors (Lipinski definition) is 4. The average molecular weight is 461 g/mol. The largest absolute Gasteiger partial charge is 0.476 e. The van der Waals surface area contributed by atoms with Crippen molar-refractivity contribution in [2.45, 2.75) is 56.2 Å². The maximum Gasteiger partial charge on any atom is 0.245 e. The minimum Gasteiger partial charge on any atom is -0.476 e. The number of aromatic nitrogens is 4. The van der Waals surface area contributed by atoms with Crippen LogP contribution in [0.25, 0.3) is 11.2 Å². The van der Waals surface area contributed by atoms with E-state index in [2.05, 4.69) is 30.0 Å². The molecule has 1 aromatic carbocycles. The van der Waals surface area contributed by atoms with E-state index < -0.39 is 22.3 Å². The van der Waals surface area contributed by atoms with Crippen molar-refractivity contribution in [2.24, 2.45) is 5.92 Å². The molecule has 0 spiro atoms. The van der Waals surface area contributed by atoms with Gasteiger partial charge in [-0.2, -0.15) is 14.7 Å². The number of anilines is 1. The zero-order chi connectivity index (χ0) is 22.6. The van der Waals surface area contributed by atoms with Crippen LogP contribution < -0.4 is 14.8 Å². The Balaban J connectivity index is 1.53. The Morgan fingerprint density at radius 3 is 2.66 bits per heavy atom. The van der Waals surface area contributed by atoms with Crippen molar-refractivity contribution in [3.63, 3.8) is 0 Å². The number of imidazole rings is 1. The molecule has 11 heteroatoms. The first-order valence-corrected chi connectivity index (χ1v) is 12.3. The predicted octanol–water partition coefficient (Wildman–Crippen LogP) is 2.41. The number of aromatic amines is 1. The monoisotopic (exact) mass is 460 g/mol. The Hall–Kier alpha value is -2.76. The Morgan fingerprint density at radius 1 is 1.19 bits per heavy atom. The fourth-order valence-corrected chi connectivity index (χ4v) is 4.99. The van der Waals surface area contributed by atoms with Crippen molar-refractivity contribution in [1.29, 1.82) is 0 Å². The Kier molecular flexibility index (Phi) is 6.87. The Morgan fingerprint density at radius 2 is 1.94 bits per heavy atom. The molecule has 10 nitrogen and oxygen atoms in total. The average Bonchev–Trinajstić information content (AvgIpc) is 3.27. The van der Waals surface area contributed by atoms with Crippen LogP contribution in [0, 0.1) is 5.92 Å². The van der Waals surface area contributed by atoms with Crippen LogP contribution in [0.5, 0.6) is 5.88 Å². The predicted molar refractivity (Wildman–Crippen MR) is 120 cm³/mol. The maximum absolute atomic E-state index is 12.7. The number of ether oxygens (including phenoxy) is 1. The first-order chi connectivity index (χ1) is 15.4. The van der Waals surface area contributed by atoms with E-state index in [9.17, 15) is 13.5 Å². The fourth-order valence-electron chi connectivity index (χ4n) is 3.75. The molecule has 172 valence electrons. The van der Waals surface area contributed by atoms with Gasteiger partial charge in [0.25, 0.3) is 0 Å². The van der Waals surface area contributed by atoms with Gasteiger partial charge in [-0.05, 0) is 37.8 Å². The van der Waals surface area contributed by atoms with Crippen molar-refractivity contribution in [1.82, 2.24) is 24.7 Å². The first-order valence-electron chi connectivity index (χ1n) is 10.8. The van der Waals surface area contributed by atoms with Crippen LogP contribution in [0.1, 0.15) is 39.0 Å². The van der Waals surface area contributed by atoms with Crippen molar-refractivity contribution < 1.29 is 18.3 Å². The van der Waals surface area contributed by atoms with Crippen LogP contribution in [-0.4, -0.2) is 52.3 Å². The van der Waals surface area contributed by atoms with Gasteiger partial charge in [0.05, 0.1) is 23.9 Å². The van der Waals surface area contributed by atoms with E-state index in [1.807, 2.05) is 0 Å². The molecule has 2 unspecified atom stereocenters. The van der Waals surface area contributed by atoms with Gasteiger partial charge in [-0.25, -0.2) is 13.4 Å². The molecule has 1 aliphatic rings. The topological polar surface area (TPSA) is 142 Å². The molecule has 32 heavy (non-hydrogen) atoms. The maximum atomic E-state index is 12.7. The van der Waals surface area contributed by atoms with E-state index in [4.69, 9.17) is 4.74 Å². The minimum absolute atomic E-state index is 0.0904. The zero-order valence-electron chi connectivity index (χ0n) is 17.9. The molecule has 0 radical (unpaired) electrons. The lowest BCUT2D eigenvalue weighted by Gasteiger charge is -2.23. The number of aliphatic hydroxyl groups is 1. The number of fused-ring (bicyclic) bond motifs is 1. The number of aliphatic hydroxyl groups excluding tert-OH is 1. The molecule has 2 aromatic heterocycles. The highest BCUT2D eigenvalue weighted by atomic mass is 32.2. The molecule has 2 atom stereocenters. The molecule has 1 saturated carbocycles. The number of benzene rings is 1. The van der Waals surface area contributed by atoms with Gasteiger partial charge in [0.1, 0.15) is 11.7 Å². The number of sulfonamides is 1. The Bertz CT molecular complexity index is 1130.